The van der Waals surface area contributed by atoms with Crippen LogP contribution >= 0.6 is 34.8 Å². The summed E-state index contributed by atoms with van der Waals surface area (Å²) >= 11 is 17.7. The second-order valence-corrected chi connectivity index (χ2v) is 6.28. The van der Waals surface area contributed by atoms with Gasteiger partial charge in [-0.2, -0.15) is 0 Å². The van der Waals surface area contributed by atoms with E-state index in [0.717, 1.165) is 5.56 Å². The van der Waals surface area contributed by atoms with Gasteiger partial charge in [-0.05, 0) is 38.5 Å². The summed E-state index contributed by atoms with van der Waals surface area (Å²) in [6, 6.07) is 5.16. The fraction of sp³-hybridized carbons (Fsp3) is 0.462. The number of hydrogen-bond acceptors (Lipinski definition) is 1. The van der Waals surface area contributed by atoms with Gasteiger partial charge < -0.3 is 5.32 Å². The highest BCUT2D eigenvalue weighted by atomic mass is 35.5. The van der Waals surface area contributed by atoms with E-state index in [1.807, 2.05) is 20.8 Å². The maximum absolute atomic E-state index is 11.9. The molecule has 1 unspecified atom stereocenters. The summed E-state index contributed by atoms with van der Waals surface area (Å²) in [6.45, 7) is 5.62. The summed E-state index contributed by atoms with van der Waals surface area (Å²) in [5.74, 6) is -0.0918. The average Bonchev–Trinajstić information content (AvgIpc) is 2.22. The minimum absolute atomic E-state index is 0.0918. The number of hydrogen-bond donors (Lipinski definition) is 1. The van der Waals surface area contributed by atoms with Crippen LogP contribution in [-0.2, 0) is 11.2 Å². The van der Waals surface area contributed by atoms with Crippen LogP contribution < -0.4 is 5.32 Å². The fourth-order valence-electron chi connectivity index (χ4n) is 1.34. The third-order valence-electron chi connectivity index (χ3n) is 2.80. The van der Waals surface area contributed by atoms with Crippen LogP contribution in [0, 0.1) is 0 Å². The van der Waals surface area contributed by atoms with E-state index in [-0.39, 0.29) is 17.7 Å². The Morgan fingerprint density at radius 1 is 1.33 bits per heavy atom. The molecule has 1 amide bonds. The zero-order valence-corrected chi connectivity index (χ0v) is 12.8. The van der Waals surface area contributed by atoms with Crippen LogP contribution in [0.1, 0.15) is 26.3 Å². The van der Waals surface area contributed by atoms with Gasteiger partial charge in [0.2, 0.25) is 5.91 Å². The van der Waals surface area contributed by atoms with E-state index >= 15 is 0 Å². The highest BCUT2D eigenvalue weighted by Crippen LogP contribution is 2.23. The quantitative estimate of drug-likeness (QED) is 0.835. The van der Waals surface area contributed by atoms with Gasteiger partial charge in [0, 0.05) is 0 Å². The molecule has 0 radical (unpaired) electrons. The first-order chi connectivity index (χ1) is 8.22. The molecule has 0 fully saturated rings. The van der Waals surface area contributed by atoms with E-state index in [1.165, 1.54) is 0 Å². The third-order valence-corrected chi connectivity index (χ3v) is 4.09. The van der Waals surface area contributed by atoms with E-state index in [4.69, 9.17) is 34.8 Å². The summed E-state index contributed by atoms with van der Waals surface area (Å²) in [6.07, 6.45) is 0.254. The third kappa shape index (κ3) is 4.34. The first-order valence-corrected chi connectivity index (χ1v) is 6.80. The molecule has 2 nitrogen and oxygen atoms in total. The van der Waals surface area contributed by atoms with Crippen molar-refractivity contribution in [2.24, 2.45) is 0 Å². The second kappa shape index (κ2) is 6.14. The molecule has 0 spiro atoms. The van der Waals surface area contributed by atoms with Crippen LogP contribution in [0.3, 0.4) is 0 Å². The Morgan fingerprint density at radius 3 is 2.44 bits per heavy atom. The fourth-order valence-corrected chi connectivity index (χ4v) is 1.71. The van der Waals surface area contributed by atoms with Crippen molar-refractivity contribution in [1.82, 2.24) is 5.32 Å². The smallest absolute Gasteiger partial charge is 0.224 e. The summed E-state index contributed by atoms with van der Waals surface area (Å²) in [5, 5.41) is 3.67. The number of carbonyl (C=O) groups is 1. The molecule has 0 saturated carbocycles. The van der Waals surface area contributed by atoms with Crippen LogP contribution in [0.5, 0.6) is 0 Å². The summed E-state index contributed by atoms with van der Waals surface area (Å²) in [7, 11) is 0. The van der Waals surface area contributed by atoms with Gasteiger partial charge in [0.15, 0.2) is 0 Å². The second-order valence-electron chi connectivity index (χ2n) is 4.81. The molecule has 0 aliphatic rings. The Bertz CT molecular complexity index is 444. The topological polar surface area (TPSA) is 29.1 Å². The van der Waals surface area contributed by atoms with Gasteiger partial charge in [0.1, 0.15) is 0 Å². The van der Waals surface area contributed by atoms with Crippen LogP contribution in [0.25, 0.3) is 0 Å². The zero-order valence-electron chi connectivity index (χ0n) is 10.6. The Hall–Kier alpha value is -0.440. The van der Waals surface area contributed by atoms with Gasteiger partial charge in [-0.3, -0.25) is 4.79 Å². The minimum Gasteiger partial charge on any atom is -0.349 e. The molecular formula is C13H16Cl3NO. The summed E-state index contributed by atoms with van der Waals surface area (Å²) in [5.41, 5.74) is 0.370. The lowest BCUT2D eigenvalue weighted by atomic mass is 10.0. The van der Waals surface area contributed by atoms with Crippen LogP contribution in [0.2, 0.25) is 10.0 Å². The highest BCUT2D eigenvalue weighted by molar-refractivity contribution is 6.42. The Balaban J connectivity index is 2.68. The van der Waals surface area contributed by atoms with Gasteiger partial charge in [-0.15, -0.1) is 11.6 Å². The summed E-state index contributed by atoms with van der Waals surface area (Å²) < 4.78 is 0. The van der Waals surface area contributed by atoms with Crippen molar-refractivity contribution in [2.45, 2.75) is 38.1 Å². The standard InChI is InChI=1S/C13H16Cl3NO/c1-8(14)13(2,3)17-12(18)7-9-4-5-10(15)11(16)6-9/h4-6,8H,7H2,1-3H3,(H,17,18). The van der Waals surface area contributed by atoms with Crippen LogP contribution in [-0.4, -0.2) is 16.8 Å². The zero-order chi connectivity index (χ0) is 13.9. The maximum Gasteiger partial charge on any atom is 0.224 e. The first-order valence-electron chi connectivity index (χ1n) is 5.61. The molecule has 1 atom stereocenters. The van der Waals surface area contributed by atoms with Crippen LogP contribution in [0.4, 0.5) is 0 Å². The van der Waals surface area contributed by atoms with Crippen molar-refractivity contribution in [2.75, 3.05) is 0 Å². The van der Waals surface area contributed by atoms with Crippen molar-refractivity contribution in [1.29, 1.82) is 0 Å². The Morgan fingerprint density at radius 2 is 1.94 bits per heavy atom. The molecule has 1 N–H and O–H groups in total. The number of halogens is 3. The lowest BCUT2D eigenvalue weighted by Gasteiger charge is -2.29. The predicted octanol–water partition coefficient (Wildman–Crippen LogP) is 4.06. The molecule has 1 rings (SSSR count). The number of amides is 1. The molecule has 5 heteroatoms. The number of nitrogens with one attached hydrogen (secondary N) is 1. The molecule has 18 heavy (non-hydrogen) atoms. The molecule has 100 valence electrons. The van der Waals surface area contributed by atoms with Crippen molar-refractivity contribution in [3.8, 4) is 0 Å². The van der Waals surface area contributed by atoms with E-state index < -0.39 is 5.54 Å². The predicted molar refractivity (Wildman–Crippen MR) is 77.7 cm³/mol. The van der Waals surface area contributed by atoms with Gasteiger partial charge in [-0.1, -0.05) is 29.3 Å². The van der Waals surface area contributed by atoms with E-state index in [1.54, 1.807) is 18.2 Å². The Kier molecular flexibility index (Phi) is 5.32. The monoisotopic (exact) mass is 307 g/mol. The molecule has 0 aromatic heterocycles. The average molecular weight is 309 g/mol. The molecule has 0 aliphatic heterocycles. The maximum atomic E-state index is 11.9. The summed E-state index contributed by atoms with van der Waals surface area (Å²) in [4.78, 5) is 11.9. The van der Waals surface area contributed by atoms with E-state index in [0.29, 0.717) is 10.0 Å². The minimum atomic E-state index is -0.450. The molecular weight excluding hydrogens is 293 g/mol. The lowest BCUT2D eigenvalue weighted by molar-refractivity contribution is -0.122. The van der Waals surface area contributed by atoms with Crippen molar-refractivity contribution >= 4 is 40.7 Å². The molecule has 1 aromatic rings. The van der Waals surface area contributed by atoms with Crippen molar-refractivity contribution < 1.29 is 4.79 Å². The van der Waals surface area contributed by atoms with E-state index in [9.17, 15) is 4.79 Å². The largest absolute Gasteiger partial charge is 0.349 e. The highest BCUT2D eigenvalue weighted by Gasteiger charge is 2.25. The number of rotatable bonds is 4. The van der Waals surface area contributed by atoms with Gasteiger partial charge in [0.25, 0.3) is 0 Å². The number of alkyl halides is 1. The first kappa shape index (κ1) is 15.6. The molecule has 0 saturated heterocycles. The Labute approximate surface area is 123 Å². The van der Waals surface area contributed by atoms with Crippen molar-refractivity contribution in [3.63, 3.8) is 0 Å². The van der Waals surface area contributed by atoms with Crippen molar-refractivity contribution in [3.05, 3.63) is 33.8 Å². The number of carbonyl (C=O) groups excluding carboxylic acids is 1. The normalized spacial score (nSPS) is 13.2. The SMILES string of the molecule is CC(Cl)C(C)(C)NC(=O)Cc1ccc(Cl)c(Cl)c1. The number of benzene rings is 1. The molecule has 0 bridgehead atoms. The molecule has 0 heterocycles. The molecule has 1 aromatic carbocycles. The van der Waals surface area contributed by atoms with Gasteiger partial charge in [0.05, 0.1) is 27.4 Å². The van der Waals surface area contributed by atoms with Crippen LogP contribution in [0.15, 0.2) is 18.2 Å². The van der Waals surface area contributed by atoms with E-state index in [2.05, 4.69) is 5.32 Å². The lowest BCUT2D eigenvalue weighted by Crippen LogP contribution is -2.49. The van der Waals surface area contributed by atoms with Gasteiger partial charge in [-0.25, -0.2) is 0 Å². The van der Waals surface area contributed by atoms with Gasteiger partial charge >= 0.3 is 0 Å². The molecule has 0 aliphatic carbocycles.